The van der Waals surface area contributed by atoms with Crippen LogP contribution in [0.25, 0.3) is 0 Å². The molecule has 6 nitrogen and oxygen atoms in total. The molecular formula is C15H25ClN6. The standard InChI is InChI=1S/C15H25ClN6/c1-5-6-8-14(16)12-20-15(17)19-9-7-10-22(4)21-11-13(2)18-3/h5-9,11,18H,2,10,12H2,1,3-4H3,(H3,17,19,20)/b6-5-,9-7-,14-8+,21-11-. The van der Waals surface area contributed by atoms with Gasteiger partial charge in [0, 0.05) is 31.0 Å². The summed E-state index contributed by atoms with van der Waals surface area (Å²) in [5, 5.41) is 12.4. The molecule has 0 rings (SSSR count). The summed E-state index contributed by atoms with van der Waals surface area (Å²) < 4.78 is 0. The molecule has 0 heterocycles. The van der Waals surface area contributed by atoms with Crippen molar-refractivity contribution in [3.05, 3.63) is 47.8 Å². The molecule has 0 atom stereocenters. The molecule has 7 heteroatoms. The van der Waals surface area contributed by atoms with E-state index >= 15 is 0 Å². The first-order valence-corrected chi connectivity index (χ1v) is 7.18. The van der Waals surface area contributed by atoms with Gasteiger partial charge in [0.15, 0.2) is 5.96 Å². The number of nitrogens with two attached hydrogens (primary N) is 1. The van der Waals surface area contributed by atoms with Crippen molar-refractivity contribution in [3.63, 3.8) is 0 Å². The first kappa shape index (κ1) is 19.8. The van der Waals surface area contributed by atoms with Crippen LogP contribution in [-0.4, -0.2) is 44.4 Å². The lowest BCUT2D eigenvalue weighted by Gasteiger charge is -2.09. The maximum atomic E-state index is 5.96. The molecule has 22 heavy (non-hydrogen) atoms. The number of hydrogen-bond acceptors (Lipinski definition) is 4. The lowest BCUT2D eigenvalue weighted by molar-refractivity contribution is 0.396. The van der Waals surface area contributed by atoms with E-state index in [-0.39, 0.29) is 0 Å². The number of guanidine groups is 1. The Kier molecular flexibility index (Phi) is 11.3. The van der Waals surface area contributed by atoms with Crippen molar-refractivity contribution in [2.24, 2.45) is 15.8 Å². The van der Waals surface area contributed by atoms with Crippen molar-refractivity contribution >= 4 is 23.8 Å². The Balaban J connectivity index is 4.13. The Morgan fingerprint density at radius 2 is 2.18 bits per heavy atom. The zero-order valence-corrected chi connectivity index (χ0v) is 14.1. The first-order chi connectivity index (χ1) is 10.5. The lowest BCUT2D eigenvalue weighted by atomic mass is 10.4. The van der Waals surface area contributed by atoms with Gasteiger partial charge < -0.3 is 16.4 Å². The van der Waals surface area contributed by atoms with E-state index in [1.807, 2.05) is 32.2 Å². The molecular weight excluding hydrogens is 300 g/mol. The number of allylic oxidation sites excluding steroid dienone is 4. The second-order valence-corrected chi connectivity index (χ2v) is 4.74. The highest BCUT2D eigenvalue weighted by atomic mass is 35.5. The molecule has 0 aliphatic rings. The van der Waals surface area contributed by atoms with Crippen LogP contribution in [0, 0.1) is 0 Å². The Bertz CT molecular complexity index is 476. The van der Waals surface area contributed by atoms with E-state index in [1.165, 1.54) is 0 Å². The largest absolute Gasteiger partial charge is 0.387 e. The van der Waals surface area contributed by atoms with Crippen LogP contribution in [0.4, 0.5) is 0 Å². The maximum Gasteiger partial charge on any atom is 0.193 e. The highest BCUT2D eigenvalue weighted by Gasteiger charge is 1.92. The molecule has 0 saturated heterocycles. The van der Waals surface area contributed by atoms with Gasteiger partial charge >= 0.3 is 0 Å². The van der Waals surface area contributed by atoms with Crippen LogP contribution in [0.3, 0.4) is 0 Å². The van der Waals surface area contributed by atoms with Crippen molar-refractivity contribution in [1.82, 2.24) is 15.6 Å². The van der Waals surface area contributed by atoms with Gasteiger partial charge in [-0.05, 0) is 19.1 Å². The van der Waals surface area contributed by atoms with E-state index in [1.54, 1.807) is 30.5 Å². The Hall–Kier alpha value is -2.21. The monoisotopic (exact) mass is 324 g/mol. The quantitative estimate of drug-likeness (QED) is 0.261. The molecule has 0 aliphatic heterocycles. The van der Waals surface area contributed by atoms with Crippen LogP contribution in [0.5, 0.6) is 0 Å². The number of rotatable bonds is 9. The summed E-state index contributed by atoms with van der Waals surface area (Å²) in [5.74, 6) is 0.304. The normalized spacial score (nSPS) is 13.3. The van der Waals surface area contributed by atoms with Crippen molar-refractivity contribution < 1.29 is 0 Å². The van der Waals surface area contributed by atoms with E-state index in [4.69, 9.17) is 17.3 Å². The number of halogens is 1. The fraction of sp³-hybridized carbons (Fsp3) is 0.333. The number of hydrogen-bond donors (Lipinski definition) is 3. The number of likely N-dealkylation sites (N-methyl/N-ethyl adjacent to an activating group) is 1. The van der Waals surface area contributed by atoms with Gasteiger partial charge in [-0.25, -0.2) is 4.99 Å². The van der Waals surface area contributed by atoms with Crippen molar-refractivity contribution in [2.45, 2.75) is 6.92 Å². The van der Waals surface area contributed by atoms with Gasteiger partial charge in [-0.1, -0.05) is 30.3 Å². The summed E-state index contributed by atoms with van der Waals surface area (Å²) in [5.41, 5.74) is 6.45. The van der Waals surface area contributed by atoms with Crippen molar-refractivity contribution in [2.75, 3.05) is 27.2 Å². The Morgan fingerprint density at radius 3 is 2.82 bits per heavy atom. The minimum atomic E-state index is 0.304. The summed E-state index contributed by atoms with van der Waals surface area (Å²) in [6.45, 7) is 6.71. The van der Waals surface area contributed by atoms with E-state index in [0.717, 1.165) is 5.70 Å². The second kappa shape index (κ2) is 12.5. The summed E-state index contributed by atoms with van der Waals surface area (Å²) in [6, 6.07) is 0. The fourth-order valence-electron chi connectivity index (χ4n) is 1.09. The second-order valence-electron chi connectivity index (χ2n) is 4.25. The highest BCUT2D eigenvalue weighted by molar-refractivity contribution is 6.30. The minimum Gasteiger partial charge on any atom is -0.387 e. The highest BCUT2D eigenvalue weighted by Crippen LogP contribution is 1.98. The van der Waals surface area contributed by atoms with Gasteiger partial charge in [0.2, 0.25) is 0 Å². The van der Waals surface area contributed by atoms with Crippen LogP contribution in [-0.2, 0) is 0 Å². The average molecular weight is 325 g/mol. The lowest BCUT2D eigenvalue weighted by Crippen LogP contribution is -2.32. The van der Waals surface area contributed by atoms with Crippen LogP contribution < -0.4 is 16.4 Å². The maximum absolute atomic E-state index is 5.96. The molecule has 0 saturated carbocycles. The zero-order chi connectivity index (χ0) is 16.8. The fourth-order valence-corrected chi connectivity index (χ4v) is 1.23. The van der Waals surface area contributed by atoms with Crippen LogP contribution >= 0.6 is 11.6 Å². The topological polar surface area (TPSA) is 78.0 Å². The molecule has 0 bridgehead atoms. The molecule has 0 aromatic rings. The zero-order valence-electron chi connectivity index (χ0n) is 13.4. The van der Waals surface area contributed by atoms with Gasteiger partial charge in [-0.2, -0.15) is 5.10 Å². The average Bonchev–Trinajstić information content (AvgIpc) is 2.52. The van der Waals surface area contributed by atoms with Gasteiger partial charge in [0.1, 0.15) is 0 Å². The van der Waals surface area contributed by atoms with Gasteiger partial charge in [-0.15, -0.1) is 0 Å². The van der Waals surface area contributed by atoms with Gasteiger partial charge in [0.25, 0.3) is 0 Å². The van der Waals surface area contributed by atoms with E-state index in [9.17, 15) is 0 Å². The van der Waals surface area contributed by atoms with Gasteiger partial charge in [-0.3, -0.25) is 5.01 Å². The molecule has 0 aromatic carbocycles. The number of nitrogens with zero attached hydrogens (tertiary/aromatic N) is 3. The first-order valence-electron chi connectivity index (χ1n) is 6.80. The summed E-state index contributed by atoms with van der Waals surface area (Å²) in [7, 11) is 3.64. The Morgan fingerprint density at radius 1 is 1.45 bits per heavy atom. The molecule has 4 N–H and O–H groups in total. The predicted octanol–water partition coefficient (Wildman–Crippen LogP) is 1.75. The van der Waals surface area contributed by atoms with E-state index in [2.05, 4.69) is 27.3 Å². The molecule has 0 unspecified atom stereocenters. The molecule has 0 fully saturated rings. The molecule has 0 amide bonds. The third kappa shape index (κ3) is 11.6. The molecule has 0 aliphatic carbocycles. The molecule has 0 aromatic heterocycles. The number of hydrazone groups is 1. The number of nitrogens with one attached hydrogen (secondary N) is 2. The van der Waals surface area contributed by atoms with Crippen molar-refractivity contribution in [3.8, 4) is 0 Å². The molecule has 0 spiro atoms. The molecule has 122 valence electrons. The van der Waals surface area contributed by atoms with Crippen LogP contribution in [0.1, 0.15) is 6.92 Å². The minimum absolute atomic E-state index is 0.304. The predicted molar refractivity (Wildman–Crippen MR) is 96.8 cm³/mol. The van der Waals surface area contributed by atoms with E-state index in [0.29, 0.717) is 24.1 Å². The van der Waals surface area contributed by atoms with Crippen molar-refractivity contribution in [1.29, 1.82) is 0 Å². The smallest absolute Gasteiger partial charge is 0.193 e. The van der Waals surface area contributed by atoms with Crippen LogP contribution in [0.15, 0.2) is 57.9 Å². The third-order valence-corrected chi connectivity index (χ3v) is 2.59. The third-order valence-electron chi connectivity index (χ3n) is 2.33. The van der Waals surface area contributed by atoms with Crippen LogP contribution in [0.2, 0.25) is 0 Å². The van der Waals surface area contributed by atoms with Gasteiger partial charge in [0.05, 0.1) is 19.3 Å². The number of aliphatic imine (C=N–C) groups is 1. The Labute approximate surface area is 137 Å². The summed E-state index contributed by atoms with van der Waals surface area (Å²) in [4.78, 5) is 4.05. The molecule has 0 radical (unpaired) electrons. The SMILES string of the molecule is C=C(/C=N\N(C)C/C=C\N=C(/N)NC/C(Cl)=C\C=C/C)NC. The summed E-state index contributed by atoms with van der Waals surface area (Å²) in [6.07, 6.45) is 10.6. The van der Waals surface area contributed by atoms with E-state index < -0.39 is 0 Å². The summed E-state index contributed by atoms with van der Waals surface area (Å²) >= 11 is 5.96.